The minimum atomic E-state index is -0.352. The second kappa shape index (κ2) is 6.84. The van der Waals surface area contributed by atoms with E-state index in [1.807, 2.05) is 0 Å². The molecule has 3 nitrogen and oxygen atoms in total. The molecule has 0 aliphatic carbocycles. The lowest BCUT2D eigenvalue weighted by atomic mass is 10.3. The van der Waals surface area contributed by atoms with E-state index in [0.29, 0.717) is 26.5 Å². The molecule has 2 aromatic carbocycles. The second-order valence-electron chi connectivity index (χ2n) is 3.89. The Bertz CT molecular complexity index is 594. The van der Waals surface area contributed by atoms with Crippen LogP contribution < -0.4 is 10.1 Å². The molecule has 1 N–H and O–H groups in total. The summed E-state index contributed by atoms with van der Waals surface area (Å²) in [7, 11) is 0. The van der Waals surface area contributed by atoms with Crippen molar-refractivity contribution < 1.29 is 9.53 Å². The van der Waals surface area contributed by atoms with E-state index >= 15 is 0 Å². The fourth-order valence-corrected chi connectivity index (χ4v) is 2.09. The molecule has 0 atom stereocenters. The van der Waals surface area contributed by atoms with Crippen molar-refractivity contribution in [2.45, 2.75) is 0 Å². The van der Waals surface area contributed by atoms with Crippen molar-refractivity contribution in [3.05, 3.63) is 57.5 Å². The van der Waals surface area contributed by atoms with Gasteiger partial charge in [0.1, 0.15) is 5.75 Å². The van der Waals surface area contributed by atoms with Gasteiger partial charge >= 0.3 is 0 Å². The summed E-state index contributed by atoms with van der Waals surface area (Å²) in [6.45, 7) is -0.150. The summed E-state index contributed by atoms with van der Waals surface area (Å²) >= 11 is 17.7. The molecule has 0 fully saturated rings. The Hall–Kier alpha value is -1.42. The summed E-state index contributed by atoms with van der Waals surface area (Å²) in [6.07, 6.45) is 0. The number of rotatable bonds is 4. The van der Waals surface area contributed by atoms with Crippen LogP contribution in [0, 0.1) is 0 Å². The summed E-state index contributed by atoms with van der Waals surface area (Å²) in [4.78, 5) is 11.8. The van der Waals surface area contributed by atoms with E-state index in [4.69, 9.17) is 39.5 Å². The van der Waals surface area contributed by atoms with E-state index in [0.717, 1.165) is 0 Å². The number of carbonyl (C=O) groups excluding carboxylic acids is 1. The number of halogens is 3. The Morgan fingerprint density at radius 2 is 1.60 bits per heavy atom. The number of hydrogen-bond donors (Lipinski definition) is 1. The van der Waals surface area contributed by atoms with Crippen molar-refractivity contribution in [3.8, 4) is 5.75 Å². The number of ether oxygens (including phenoxy) is 1. The zero-order valence-corrected chi connectivity index (χ0v) is 12.5. The van der Waals surface area contributed by atoms with E-state index in [9.17, 15) is 4.79 Å². The Morgan fingerprint density at radius 3 is 2.20 bits per heavy atom. The lowest BCUT2D eigenvalue weighted by Crippen LogP contribution is -2.20. The topological polar surface area (TPSA) is 38.3 Å². The predicted octanol–water partition coefficient (Wildman–Crippen LogP) is 4.66. The van der Waals surface area contributed by atoms with Crippen molar-refractivity contribution in [2.24, 2.45) is 0 Å². The van der Waals surface area contributed by atoms with E-state index < -0.39 is 0 Å². The molecule has 2 rings (SSSR count). The molecule has 0 radical (unpaired) electrons. The van der Waals surface area contributed by atoms with Crippen molar-refractivity contribution >= 4 is 46.4 Å². The van der Waals surface area contributed by atoms with Gasteiger partial charge in [0.2, 0.25) is 0 Å². The molecule has 0 unspecified atom stereocenters. The number of carbonyl (C=O) groups is 1. The van der Waals surface area contributed by atoms with Gasteiger partial charge in [0.05, 0.1) is 15.7 Å². The average molecular weight is 331 g/mol. The molecule has 0 aromatic heterocycles. The van der Waals surface area contributed by atoms with Gasteiger partial charge in [-0.3, -0.25) is 4.79 Å². The van der Waals surface area contributed by atoms with Crippen LogP contribution in [0.25, 0.3) is 0 Å². The number of amides is 1. The van der Waals surface area contributed by atoms with E-state index in [1.165, 1.54) is 0 Å². The van der Waals surface area contributed by atoms with Crippen molar-refractivity contribution in [3.63, 3.8) is 0 Å². The van der Waals surface area contributed by atoms with Gasteiger partial charge in [0, 0.05) is 5.02 Å². The molecule has 0 saturated carbocycles. The van der Waals surface area contributed by atoms with Gasteiger partial charge in [-0.05, 0) is 36.4 Å². The third kappa shape index (κ3) is 4.04. The monoisotopic (exact) mass is 329 g/mol. The fraction of sp³-hybridized carbons (Fsp3) is 0.0714. The van der Waals surface area contributed by atoms with Crippen molar-refractivity contribution in [2.75, 3.05) is 11.9 Å². The molecular weight excluding hydrogens is 321 g/mol. The fourth-order valence-electron chi connectivity index (χ4n) is 1.47. The van der Waals surface area contributed by atoms with Crippen LogP contribution in [0.5, 0.6) is 5.75 Å². The summed E-state index contributed by atoms with van der Waals surface area (Å²) in [5, 5.41) is 3.95. The molecule has 0 heterocycles. The van der Waals surface area contributed by atoms with Crippen molar-refractivity contribution in [1.29, 1.82) is 0 Å². The third-order valence-electron chi connectivity index (χ3n) is 2.41. The molecule has 0 aliphatic heterocycles. The maximum Gasteiger partial charge on any atom is 0.262 e. The molecule has 6 heteroatoms. The van der Waals surface area contributed by atoms with Crippen LogP contribution in [0.2, 0.25) is 15.1 Å². The normalized spacial score (nSPS) is 10.2. The van der Waals surface area contributed by atoms with E-state index in [2.05, 4.69) is 5.32 Å². The van der Waals surface area contributed by atoms with Crippen LogP contribution in [0.15, 0.2) is 42.5 Å². The lowest BCUT2D eigenvalue weighted by Gasteiger charge is -2.10. The average Bonchev–Trinajstić information content (AvgIpc) is 2.42. The van der Waals surface area contributed by atoms with Crippen LogP contribution in [-0.2, 0) is 4.79 Å². The van der Waals surface area contributed by atoms with Gasteiger partial charge < -0.3 is 10.1 Å². The first kappa shape index (κ1) is 15.0. The molecular formula is C14H10Cl3NO2. The molecule has 2 aromatic rings. The quantitative estimate of drug-likeness (QED) is 0.885. The van der Waals surface area contributed by atoms with Gasteiger partial charge in [0.25, 0.3) is 5.91 Å². The molecule has 0 aliphatic rings. The Balaban J connectivity index is 1.94. The highest BCUT2D eigenvalue weighted by Crippen LogP contribution is 2.29. The van der Waals surface area contributed by atoms with Crippen LogP contribution in [0.4, 0.5) is 5.69 Å². The van der Waals surface area contributed by atoms with Gasteiger partial charge in [-0.1, -0.05) is 40.9 Å². The van der Waals surface area contributed by atoms with Gasteiger partial charge in [0.15, 0.2) is 6.61 Å². The Kier molecular flexibility index (Phi) is 5.12. The molecule has 0 bridgehead atoms. The molecule has 104 valence electrons. The first-order valence-electron chi connectivity index (χ1n) is 5.68. The van der Waals surface area contributed by atoms with Crippen LogP contribution in [0.1, 0.15) is 0 Å². The Morgan fingerprint density at radius 1 is 1.00 bits per heavy atom. The highest BCUT2D eigenvalue weighted by molar-refractivity contribution is 6.39. The summed E-state index contributed by atoms with van der Waals surface area (Å²) in [5.41, 5.74) is 0.375. The number of benzene rings is 2. The largest absolute Gasteiger partial charge is 0.484 e. The summed E-state index contributed by atoms with van der Waals surface area (Å²) in [6, 6.07) is 11.7. The van der Waals surface area contributed by atoms with Crippen LogP contribution in [0.3, 0.4) is 0 Å². The SMILES string of the molecule is O=C(COc1ccc(Cl)cc1)Nc1c(Cl)cccc1Cl. The molecule has 20 heavy (non-hydrogen) atoms. The van der Waals surface area contributed by atoms with E-state index in [1.54, 1.807) is 42.5 Å². The summed E-state index contributed by atoms with van der Waals surface area (Å²) < 4.78 is 5.32. The maximum absolute atomic E-state index is 11.8. The number of nitrogens with one attached hydrogen (secondary N) is 1. The maximum atomic E-state index is 11.8. The van der Waals surface area contributed by atoms with Gasteiger partial charge in [-0.15, -0.1) is 0 Å². The third-order valence-corrected chi connectivity index (χ3v) is 3.29. The van der Waals surface area contributed by atoms with Crippen molar-refractivity contribution in [1.82, 2.24) is 0 Å². The van der Waals surface area contributed by atoms with Gasteiger partial charge in [-0.25, -0.2) is 0 Å². The molecule has 0 spiro atoms. The van der Waals surface area contributed by atoms with Crippen LogP contribution >= 0.6 is 34.8 Å². The number of para-hydroxylation sites is 1. The smallest absolute Gasteiger partial charge is 0.262 e. The minimum Gasteiger partial charge on any atom is -0.484 e. The zero-order valence-electron chi connectivity index (χ0n) is 10.2. The molecule has 1 amide bonds. The Labute approximate surface area is 131 Å². The standard InChI is InChI=1S/C14H10Cl3NO2/c15-9-4-6-10(7-5-9)20-8-13(19)18-14-11(16)2-1-3-12(14)17/h1-7H,8H2,(H,18,19). The van der Waals surface area contributed by atoms with Gasteiger partial charge in [-0.2, -0.15) is 0 Å². The predicted molar refractivity (Wildman–Crippen MR) is 82.0 cm³/mol. The summed E-state index contributed by atoms with van der Waals surface area (Å²) in [5.74, 6) is 0.199. The lowest BCUT2D eigenvalue weighted by molar-refractivity contribution is -0.118. The molecule has 0 saturated heterocycles. The highest BCUT2D eigenvalue weighted by Gasteiger charge is 2.10. The second-order valence-corrected chi connectivity index (χ2v) is 5.14. The number of anilines is 1. The minimum absolute atomic E-state index is 0.150. The first-order valence-corrected chi connectivity index (χ1v) is 6.82. The first-order chi connectivity index (χ1) is 9.56. The number of hydrogen-bond acceptors (Lipinski definition) is 2. The van der Waals surface area contributed by atoms with Crippen LogP contribution in [-0.4, -0.2) is 12.5 Å². The van der Waals surface area contributed by atoms with E-state index in [-0.39, 0.29) is 12.5 Å². The zero-order chi connectivity index (χ0) is 14.5. The highest BCUT2D eigenvalue weighted by atomic mass is 35.5.